The molecular weight excluding hydrogens is 266 g/mol. The van der Waals surface area contributed by atoms with E-state index < -0.39 is 0 Å². The Hall–Kier alpha value is -0.810. The average molecular weight is 299 g/mol. The van der Waals surface area contributed by atoms with Crippen molar-refractivity contribution >= 4 is 6.03 Å². The van der Waals surface area contributed by atoms with Crippen LogP contribution in [0.5, 0.6) is 0 Å². The van der Waals surface area contributed by atoms with Gasteiger partial charge in [-0.15, -0.1) is 0 Å². The maximum atomic E-state index is 11.8. The van der Waals surface area contributed by atoms with Gasteiger partial charge in [0.25, 0.3) is 0 Å². The molecule has 0 aromatic rings. The molecule has 1 saturated heterocycles. The fraction of sp³-hybridized carbons (Fsp3) is 0.938. The molecule has 0 aliphatic carbocycles. The number of carbonyl (C=O) groups is 1. The van der Waals surface area contributed by atoms with Gasteiger partial charge in [0, 0.05) is 20.1 Å². The van der Waals surface area contributed by atoms with Gasteiger partial charge in [-0.05, 0) is 38.8 Å². The number of amides is 2. The maximum Gasteiger partial charge on any atom is 0.341 e. The van der Waals surface area contributed by atoms with Gasteiger partial charge in [-0.2, -0.15) is 0 Å². The molecule has 5 heteroatoms. The summed E-state index contributed by atoms with van der Waals surface area (Å²) in [5.74, 6) is 0. The lowest BCUT2D eigenvalue weighted by Crippen LogP contribution is -2.38. The standard InChI is InChI=1S/C16H33N3O2/c1-3-4-5-7-11-17-16(20)18(2)21-15-10-14-19-12-8-6-9-13-19/h3-15H2,1-2H3,(H,17,20). The van der Waals surface area contributed by atoms with Crippen LogP contribution in [0.4, 0.5) is 4.79 Å². The van der Waals surface area contributed by atoms with Crippen LogP contribution >= 0.6 is 0 Å². The van der Waals surface area contributed by atoms with Crippen LogP contribution in [0.3, 0.4) is 0 Å². The number of likely N-dealkylation sites (tertiary alicyclic amines) is 1. The van der Waals surface area contributed by atoms with Crippen LogP contribution in [0.2, 0.25) is 0 Å². The minimum absolute atomic E-state index is 0.135. The lowest BCUT2D eigenvalue weighted by atomic mass is 10.1. The fourth-order valence-corrected chi connectivity index (χ4v) is 2.59. The lowest BCUT2D eigenvalue weighted by Gasteiger charge is -2.26. The lowest BCUT2D eigenvalue weighted by molar-refractivity contribution is -0.100. The fourth-order valence-electron chi connectivity index (χ4n) is 2.59. The van der Waals surface area contributed by atoms with Crippen LogP contribution in [0, 0.1) is 0 Å². The van der Waals surface area contributed by atoms with Crippen molar-refractivity contribution in [2.45, 2.75) is 58.3 Å². The summed E-state index contributed by atoms with van der Waals surface area (Å²) >= 11 is 0. The summed E-state index contributed by atoms with van der Waals surface area (Å²) in [6.45, 7) is 7.04. The van der Waals surface area contributed by atoms with Crippen molar-refractivity contribution in [2.75, 3.05) is 39.8 Å². The molecule has 2 amide bonds. The number of rotatable bonds is 10. The Morgan fingerprint density at radius 3 is 2.62 bits per heavy atom. The minimum atomic E-state index is -0.135. The Balaban J connectivity index is 1.96. The molecule has 0 aromatic heterocycles. The Morgan fingerprint density at radius 1 is 1.14 bits per heavy atom. The average Bonchev–Trinajstić information content (AvgIpc) is 2.52. The van der Waals surface area contributed by atoms with E-state index in [9.17, 15) is 4.79 Å². The zero-order valence-corrected chi connectivity index (χ0v) is 13.9. The number of hydroxylamine groups is 2. The van der Waals surface area contributed by atoms with Crippen molar-refractivity contribution in [3.8, 4) is 0 Å². The number of nitrogens with zero attached hydrogens (tertiary/aromatic N) is 2. The van der Waals surface area contributed by atoms with Crippen molar-refractivity contribution in [1.82, 2.24) is 15.3 Å². The normalized spacial score (nSPS) is 15.9. The minimum Gasteiger partial charge on any atom is -0.336 e. The highest BCUT2D eigenvalue weighted by Gasteiger charge is 2.11. The number of carbonyl (C=O) groups excluding carboxylic acids is 1. The Labute approximate surface area is 130 Å². The van der Waals surface area contributed by atoms with Gasteiger partial charge in [0.05, 0.1) is 6.61 Å². The van der Waals surface area contributed by atoms with Crippen molar-refractivity contribution in [3.05, 3.63) is 0 Å². The summed E-state index contributed by atoms with van der Waals surface area (Å²) in [4.78, 5) is 19.7. The number of unbranched alkanes of at least 4 members (excludes halogenated alkanes) is 3. The summed E-state index contributed by atoms with van der Waals surface area (Å²) in [6, 6.07) is -0.135. The second-order valence-electron chi connectivity index (χ2n) is 5.88. The molecule has 0 atom stereocenters. The highest BCUT2D eigenvalue weighted by Crippen LogP contribution is 2.08. The van der Waals surface area contributed by atoms with E-state index in [1.807, 2.05) is 0 Å². The molecular formula is C16H33N3O2. The van der Waals surface area contributed by atoms with Crippen LogP contribution < -0.4 is 5.32 Å². The zero-order chi connectivity index (χ0) is 15.3. The van der Waals surface area contributed by atoms with Gasteiger partial charge in [0.1, 0.15) is 0 Å². The van der Waals surface area contributed by atoms with Gasteiger partial charge in [0.15, 0.2) is 0 Å². The molecule has 1 heterocycles. The number of hydrogen-bond acceptors (Lipinski definition) is 3. The van der Waals surface area contributed by atoms with Gasteiger partial charge in [-0.1, -0.05) is 32.6 Å². The van der Waals surface area contributed by atoms with Gasteiger partial charge in [0.2, 0.25) is 0 Å². The summed E-state index contributed by atoms with van der Waals surface area (Å²) in [5, 5.41) is 4.21. The summed E-state index contributed by atoms with van der Waals surface area (Å²) in [6.07, 6.45) is 9.66. The third-order valence-corrected chi connectivity index (χ3v) is 3.94. The molecule has 1 fully saturated rings. The van der Waals surface area contributed by atoms with Crippen molar-refractivity contribution in [1.29, 1.82) is 0 Å². The van der Waals surface area contributed by atoms with Gasteiger partial charge >= 0.3 is 6.03 Å². The van der Waals surface area contributed by atoms with Crippen LogP contribution in [-0.2, 0) is 4.84 Å². The first kappa shape index (κ1) is 18.2. The molecule has 1 N–H and O–H groups in total. The van der Waals surface area contributed by atoms with E-state index in [1.54, 1.807) is 7.05 Å². The van der Waals surface area contributed by atoms with E-state index in [4.69, 9.17) is 4.84 Å². The smallest absolute Gasteiger partial charge is 0.336 e. The predicted octanol–water partition coefficient (Wildman–Crippen LogP) is 3.02. The second kappa shape index (κ2) is 11.8. The molecule has 0 saturated carbocycles. The number of urea groups is 1. The highest BCUT2D eigenvalue weighted by atomic mass is 16.7. The Bertz CT molecular complexity index is 268. The van der Waals surface area contributed by atoms with Crippen LogP contribution in [0.1, 0.15) is 58.3 Å². The summed E-state index contributed by atoms with van der Waals surface area (Å²) < 4.78 is 0. The first-order valence-corrected chi connectivity index (χ1v) is 8.61. The zero-order valence-electron chi connectivity index (χ0n) is 13.9. The Morgan fingerprint density at radius 2 is 1.90 bits per heavy atom. The number of hydrogen-bond donors (Lipinski definition) is 1. The maximum absolute atomic E-state index is 11.8. The molecule has 21 heavy (non-hydrogen) atoms. The monoisotopic (exact) mass is 299 g/mol. The number of piperidine rings is 1. The molecule has 1 aliphatic heterocycles. The SMILES string of the molecule is CCCCCCNC(=O)N(C)OCCCN1CCCCC1. The molecule has 0 radical (unpaired) electrons. The van der Waals surface area contributed by atoms with Gasteiger partial charge in [-0.25, -0.2) is 9.86 Å². The molecule has 1 aliphatic rings. The molecule has 5 nitrogen and oxygen atoms in total. The quantitative estimate of drug-likeness (QED) is 0.498. The van der Waals surface area contributed by atoms with Crippen molar-refractivity contribution < 1.29 is 9.63 Å². The topological polar surface area (TPSA) is 44.8 Å². The third kappa shape index (κ3) is 8.94. The van der Waals surface area contributed by atoms with E-state index >= 15 is 0 Å². The molecule has 0 unspecified atom stereocenters. The Kier molecular flexibility index (Phi) is 10.3. The number of nitrogens with one attached hydrogen (secondary N) is 1. The highest BCUT2D eigenvalue weighted by molar-refractivity contribution is 5.72. The van der Waals surface area contributed by atoms with E-state index in [0.717, 1.165) is 25.9 Å². The van der Waals surface area contributed by atoms with Crippen LogP contribution in [-0.4, -0.2) is 55.8 Å². The predicted molar refractivity (Wildman–Crippen MR) is 86.2 cm³/mol. The van der Waals surface area contributed by atoms with Gasteiger partial charge in [-0.3, -0.25) is 4.84 Å². The summed E-state index contributed by atoms with van der Waals surface area (Å²) in [5.41, 5.74) is 0. The first-order valence-electron chi connectivity index (χ1n) is 8.61. The van der Waals surface area contributed by atoms with E-state index in [1.165, 1.54) is 56.7 Å². The van der Waals surface area contributed by atoms with Crippen LogP contribution in [0.25, 0.3) is 0 Å². The first-order chi connectivity index (χ1) is 10.2. The van der Waals surface area contributed by atoms with E-state index in [2.05, 4.69) is 17.1 Å². The third-order valence-electron chi connectivity index (χ3n) is 3.94. The molecule has 1 rings (SSSR count). The van der Waals surface area contributed by atoms with Crippen molar-refractivity contribution in [2.24, 2.45) is 0 Å². The second-order valence-corrected chi connectivity index (χ2v) is 5.88. The van der Waals surface area contributed by atoms with E-state index in [-0.39, 0.29) is 6.03 Å². The van der Waals surface area contributed by atoms with Crippen molar-refractivity contribution in [3.63, 3.8) is 0 Å². The molecule has 0 bridgehead atoms. The largest absolute Gasteiger partial charge is 0.341 e. The van der Waals surface area contributed by atoms with Gasteiger partial charge < -0.3 is 10.2 Å². The summed E-state index contributed by atoms with van der Waals surface area (Å²) in [7, 11) is 1.68. The van der Waals surface area contributed by atoms with Crippen LogP contribution in [0.15, 0.2) is 0 Å². The molecule has 124 valence electrons. The molecule has 0 spiro atoms. The molecule has 0 aromatic carbocycles. The van der Waals surface area contributed by atoms with E-state index in [0.29, 0.717) is 6.61 Å².